The Morgan fingerprint density at radius 1 is 1.23 bits per heavy atom. The fourth-order valence-corrected chi connectivity index (χ4v) is 4.99. The van der Waals surface area contributed by atoms with Crippen LogP contribution in [-0.2, 0) is 20.3 Å². The van der Waals surface area contributed by atoms with Crippen LogP contribution in [0.15, 0.2) is 29.3 Å². The van der Waals surface area contributed by atoms with Gasteiger partial charge in [-0.1, -0.05) is 17.4 Å². The molecule has 10 heteroatoms. The highest BCUT2D eigenvalue weighted by Gasteiger charge is 2.25. The van der Waals surface area contributed by atoms with E-state index < -0.39 is 10.8 Å². The summed E-state index contributed by atoms with van der Waals surface area (Å²) in [6, 6.07) is 5.40. The summed E-state index contributed by atoms with van der Waals surface area (Å²) in [5, 5.41) is 3.59. The first-order valence-corrected chi connectivity index (χ1v) is 12.0. The molecule has 1 aromatic carbocycles. The van der Waals surface area contributed by atoms with E-state index in [4.69, 9.17) is 4.74 Å². The number of rotatable bonds is 5. The molecule has 1 saturated heterocycles. The molecule has 1 aromatic heterocycles. The minimum absolute atomic E-state index is 0.132. The Bertz CT molecular complexity index is 952. The number of nitrogens with one attached hydrogen (secondary N) is 1. The zero-order valence-electron chi connectivity index (χ0n) is 17.5. The van der Waals surface area contributed by atoms with Crippen molar-refractivity contribution in [3.05, 3.63) is 24.4 Å². The molecule has 3 rings (SSSR count). The Labute approximate surface area is 182 Å². The fraction of sp³-hybridized carbons (Fsp3) is 0.450. The highest BCUT2D eigenvalue weighted by molar-refractivity contribution is 7.84. The summed E-state index contributed by atoms with van der Waals surface area (Å²) in [6.45, 7) is 7.62. The molecule has 2 amide bonds. The third-order valence-electron chi connectivity index (χ3n) is 4.52. The van der Waals surface area contributed by atoms with E-state index in [1.807, 2.05) is 19.9 Å². The molecule has 162 valence electrons. The monoisotopic (exact) mass is 450 g/mol. The van der Waals surface area contributed by atoms with Crippen LogP contribution in [0, 0.1) is 0 Å². The molecular formula is C20H26N4O4S2. The van der Waals surface area contributed by atoms with Crippen molar-refractivity contribution in [3.63, 3.8) is 0 Å². The van der Waals surface area contributed by atoms with E-state index in [1.165, 1.54) is 18.3 Å². The lowest BCUT2D eigenvalue weighted by Crippen LogP contribution is -2.49. The molecule has 1 unspecified atom stereocenters. The molecule has 2 heterocycles. The van der Waals surface area contributed by atoms with Gasteiger partial charge in [0.25, 0.3) is 0 Å². The van der Waals surface area contributed by atoms with Gasteiger partial charge in [-0.25, -0.2) is 9.78 Å². The third-order valence-corrected chi connectivity index (χ3v) is 6.56. The molecule has 0 bridgehead atoms. The maximum atomic E-state index is 12.3. The summed E-state index contributed by atoms with van der Waals surface area (Å²) < 4.78 is 17.5. The van der Waals surface area contributed by atoms with Gasteiger partial charge in [0.05, 0.1) is 21.8 Å². The molecular weight excluding hydrogens is 424 g/mol. The van der Waals surface area contributed by atoms with E-state index in [-0.39, 0.29) is 18.1 Å². The number of carbonyl (C=O) groups excluding carboxylic acids is 2. The Hall–Kier alpha value is -2.46. The molecule has 1 aliphatic heterocycles. The maximum Gasteiger partial charge on any atom is 0.410 e. The first-order valence-electron chi connectivity index (χ1n) is 9.66. The number of thiazole rings is 1. The van der Waals surface area contributed by atoms with Crippen molar-refractivity contribution < 1.29 is 18.5 Å². The van der Waals surface area contributed by atoms with Crippen LogP contribution in [0.5, 0.6) is 0 Å². The van der Waals surface area contributed by atoms with Crippen LogP contribution < -0.4 is 10.2 Å². The van der Waals surface area contributed by atoms with Gasteiger partial charge in [0, 0.05) is 61.7 Å². The minimum Gasteiger partial charge on any atom is -0.447 e. The third kappa shape index (κ3) is 5.37. The van der Waals surface area contributed by atoms with Crippen molar-refractivity contribution >= 4 is 45.0 Å². The number of nitrogens with zero attached hydrogens (tertiary/aromatic N) is 3. The number of benzene rings is 1. The second-order valence-corrected chi connectivity index (χ2v) is 9.62. The predicted molar refractivity (Wildman–Crippen MR) is 120 cm³/mol. The van der Waals surface area contributed by atoms with E-state index in [1.54, 1.807) is 29.5 Å². The number of ether oxygens (including phenoxy) is 1. The number of piperazine rings is 1. The molecule has 0 aliphatic carbocycles. The van der Waals surface area contributed by atoms with Gasteiger partial charge in [-0.3, -0.25) is 9.00 Å². The Kier molecular flexibility index (Phi) is 7.09. The molecule has 2 aromatic rings. The van der Waals surface area contributed by atoms with Crippen LogP contribution in [0.3, 0.4) is 0 Å². The highest BCUT2D eigenvalue weighted by atomic mass is 32.2. The smallest absolute Gasteiger partial charge is 0.410 e. The largest absolute Gasteiger partial charge is 0.447 e. The number of aromatic nitrogens is 1. The zero-order chi connectivity index (χ0) is 21.8. The van der Waals surface area contributed by atoms with Gasteiger partial charge in [-0.05, 0) is 26.0 Å². The summed E-state index contributed by atoms with van der Waals surface area (Å²) in [6.07, 6.45) is 2.99. The van der Waals surface area contributed by atoms with Gasteiger partial charge in [-0.15, -0.1) is 0 Å². The summed E-state index contributed by atoms with van der Waals surface area (Å²) >= 11 is 1.52. The Morgan fingerprint density at radius 3 is 2.53 bits per heavy atom. The van der Waals surface area contributed by atoms with Gasteiger partial charge in [0.2, 0.25) is 5.91 Å². The first-order chi connectivity index (χ1) is 14.2. The number of amides is 2. The average Bonchev–Trinajstić information content (AvgIpc) is 3.17. The summed E-state index contributed by atoms with van der Waals surface area (Å²) in [5.41, 5.74) is 1.46. The molecule has 1 fully saturated rings. The van der Waals surface area contributed by atoms with Crippen LogP contribution in [0.25, 0.3) is 10.4 Å². The van der Waals surface area contributed by atoms with E-state index in [0.717, 1.165) is 15.6 Å². The van der Waals surface area contributed by atoms with Crippen LogP contribution in [0.4, 0.5) is 15.6 Å². The van der Waals surface area contributed by atoms with Crippen LogP contribution >= 0.6 is 11.3 Å². The molecule has 0 saturated carbocycles. The predicted octanol–water partition coefficient (Wildman–Crippen LogP) is 3.17. The normalized spacial score (nSPS) is 15.2. The zero-order valence-corrected chi connectivity index (χ0v) is 19.1. The first kappa shape index (κ1) is 22.2. The molecule has 8 nitrogen and oxygen atoms in total. The molecule has 0 spiro atoms. The Morgan fingerprint density at radius 2 is 1.93 bits per heavy atom. The van der Waals surface area contributed by atoms with Gasteiger partial charge >= 0.3 is 6.09 Å². The number of hydrogen-bond donors (Lipinski definition) is 1. The topological polar surface area (TPSA) is 91.8 Å². The molecule has 0 radical (unpaired) electrons. The van der Waals surface area contributed by atoms with Crippen LogP contribution in [0.1, 0.15) is 20.8 Å². The van der Waals surface area contributed by atoms with Crippen molar-refractivity contribution in [1.82, 2.24) is 9.88 Å². The molecule has 30 heavy (non-hydrogen) atoms. The van der Waals surface area contributed by atoms with Gasteiger partial charge in [-0.2, -0.15) is 0 Å². The van der Waals surface area contributed by atoms with Gasteiger partial charge in [0.15, 0.2) is 5.13 Å². The van der Waals surface area contributed by atoms with Crippen molar-refractivity contribution in [2.45, 2.75) is 31.8 Å². The lowest BCUT2D eigenvalue weighted by molar-refractivity contribution is -0.114. The lowest BCUT2D eigenvalue weighted by Gasteiger charge is -2.34. The number of carbonyl (C=O) groups is 2. The lowest BCUT2D eigenvalue weighted by atomic mass is 10.2. The fourth-order valence-electron chi connectivity index (χ4n) is 3.14. The van der Waals surface area contributed by atoms with E-state index in [2.05, 4.69) is 15.2 Å². The molecule has 1 atom stereocenters. The maximum absolute atomic E-state index is 12.3. The SMILES string of the molecule is CC(=O)Nc1ccc(-c2cnc(N3CCN(C(=O)OC(C)C)CC3)s2)c(S(C)=O)c1. The summed E-state index contributed by atoms with van der Waals surface area (Å²) in [4.78, 5) is 33.3. The van der Waals surface area contributed by atoms with E-state index in [0.29, 0.717) is 36.8 Å². The van der Waals surface area contributed by atoms with Crippen LogP contribution in [0.2, 0.25) is 0 Å². The number of anilines is 2. The minimum atomic E-state index is -1.22. The van der Waals surface area contributed by atoms with E-state index >= 15 is 0 Å². The summed E-state index contributed by atoms with van der Waals surface area (Å²) in [5.74, 6) is -0.174. The second kappa shape index (κ2) is 9.57. The Balaban J connectivity index is 1.73. The highest BCUT2D eigenvalue weighted by Crippen LogP contribution is 2.36. The van der Waals surface area contributed by atoms with Gasteiger partial charge < -0.3 is 19.9 Å². The second-order valence-electron chi connectivity index (χ2n) is 7.26. The quantitative estimate of drug-likeness (QED) is 0.752. The van der Waals surface area contributed by atoms with Crippen molar-refractivity contribution in [2.24, 2.45) is 0 Å². The van der Waals surface area contributed by atoms with E-state index in [9.17, 15) is 13.8 Å². The molecule has 1 N–H and O–H groups in total. The number of hydrogen-bond acceptors (Lipinski definition) is 7. The van der Waals surface area contributed by atoms with Gasteiger partial charge in [0.1, 0.15) is 0 Å². The summed E-state index contributed by atoms with van der Waals surface area (Å²) in [7, 11) is -1.22. The van der Waals surface area contributed by atoms with Crippen molar-refractivity contribution in [3.8, 4) is 10.4 Å². The standard InChI is InChI=1S/C20H26N4O4S2/c1-13(2)28-20(26)24-9-7-23(8-10-24)19-21-12-17(29-19)16-6-5-15(22-14(3)25)11-18(16)30(4)27/h5-6,11-13H,7-10H2,1-4H3,(H,22,25). The molecule has 1 aliphatic rings. The van der Waals surface area contributed by atoms with Crippen molar-refractivity contribution in [2.75, 3.05) is 42.7 Å². The van der Waals surface area contributed by atoms with Crippen molar-refractivity contribution in [1.29, 1.82) is 0 Å². The van der Waals surface area contributed by atoms with Crippen LogP contribution in [-0.4, -0.2) is 64.6 Å². The average molecular weight is 451 g/mol.